The minimum Gasteiger partial charge on any atom is -0.493 e. The average molecular weight is 423 g/mol. The third-order valence-corrected chi connectivity index (χ3v) is 4.21. The summed E-state index contributed by atoms with van der Waals surface area (Å²) in [5.41, 5.74) is -1.21. The van der Waals surface area contributed by atoms with Gasteiger partial charge in [-0.25, -0.2) is 9.59 Å². The van der Waals surface area contributed by atoms with Crippen molar-refractivity contribution in [2.24, 2.45) is 0 Å². The van der Waals surface area contributed by atoms with Crippen LogP contribution in [0.5, 0.6) is 11.5 Å². The zero-order chi connectivity index (χ0) is 22.5. The van der Waals surface area contributed by atoms with E-state index in [2.05, 4.69) is 4.98 Å². The number of nitrogens with zero attached hydrogens (tertiary/aromatic N) is 1. The number of carbonyl (C=O) groups excluding carboxylic acids is 1. The van der Waals surface area contributed by atoms with Crippen molar-refractivity contribution in [1.29, 1.82) is 0 Å². The fourth-order valence-electron chi connectivity index (χ4n) is 2.78. The molecule has 0 aliphatic heterocycles. The SMILES string of the molecule is COc1cc(C=Cc2[nH]c(=O)[nH]c(=O)c2[N+](=O)[O-])ccc1OC(=O)c1cccc(C)c1. The molecule has 0 aliphatic carbocycles. The molecule has 3 rings (SSSR count). The Hall–Kier alpha value is -4.47. The number of aromatic nitrogens is 2. The van der Waals surface area contributed by atoms with Crippen LogP contribution in [0, 0.1) is 17.0 Å². The summed E-state index contributed by atoms with van der Waals surface area (Å²) in [4.78, 5) is 49.8. The number of methoxy groups -OCH3 is 1. The van der Waals surface area contributed by atoms with Crippen LogP contribution < -0.4 is 20.7 Å². The largest absolute Gasteiger partial charge is 0.493 e. The van der Waals surface area contributed by atoms with Gasteiger partial charge in [-0.1, -0.05) is 29.8 Å². The number of aryl methyl sites for hydroxylation is 1. The van der Waals surface area contributed by atoms with E-state index >= 15 is 0 Å². The topological polar surface area (TPSA) is 144 Å². The van der Waals surface area contributed by atoms with Crippen LogP contribution in [0.4, 0.5) is 5.69 Å². The molecule has 10 heteroatoms. The second-order valence-corrected chi connectivity index (χ2v) is 6.43. The normalized spacial score (nSPS) is 10.8. The van der Waals surface area contributed by atoms with E-state index in [1.807, 2.05) is 18.0 Å². The van der Waals surface area contributed by atoms with Crippen molar-refractivity contribution < 1.29 is 19.2 Å². The van der Waals surface area contributed by atoms with Crippen LogP contribution in [0.1, 0.15) is 27.2 Å². The minimum atomic E-state index is -1.11. The van der Waals surface area contributed by atoms with E-state index in [1.54, 1.807) is 24.3 Å². The van der Waals surface area contributed by atoms with Gasteiger partial charge in [-0.15, -0.1) is 0 Å². The number of esters is 1. The van der Waals surface area contributed by atoms with Crippen molar-refractivity contribution in [3.8, 4) is 11.5 Å². The summed E-state index contributed by atoms with van der Waals surface area (Å²) in [6.07, 6.45) is 2.66. The highest BCUT2D eigenvalue weighted by atomic mass is 16.6. The zero-order valence-corrected chi connectivity index (χ0v) is 16.5. The Labute approximate surface area is 174 Å². The van der Waals surface area contributed by atoms with E-state index in [0.29, 0.717) is 11.1 Å². The van der Waals surface area contributed by atoms with E-state index in [4.69, 9.17) is 9.47 Å². The highest BCUT2D eigenvalue weighted by molar-refractivity contribution is 5.91. The Bertz CT molecular complexity index is 1300. The molecule has 0 bridgehead atoms. The molecule has 3 aromatic rings. The predicted octanol–water partition coefficient (Wildman–Crippen LogP) is 2.68. The van der Waals surface area contributed by atoms with E-state index in [-0.39, 0.29) is 17.2 Å². The molecule has 10 nitrogen and oxygen atoms in total. The van der Waals surface area contributed by atoms with Crippen molar-refractivity contribution in [2.75, 3.05) is 7.11 Å². The molecule has 0 radical (unpaired) electrons. The summed E-state index contributed by atoms with van der Waals surface area (Å²) in [6, 6.07) is 11.5. The highest BCUT2D eigenvalue weighted by Gasteiger charge is 2.19. The van der Waals surface area contributed by atoms with Crippen LogP contribution in [0.15, 0.2) is 52.1 Å². The number of hydrogen-bond donors (Lipinski definition) is 2. The monoisotopic (exact) mass is 423 g/mol. The van der Waals surface area contributed by atoms with Gasteiger partial charge in [0.05, 0.1) is 17.6 Å². The highest BCUT2D eigenvalue weighted by Crippen LogP contribution is 2.29. The van der Waals surface area contributed by atoms with Gasteiger partial charge in [0.1, 0.15) is 5.69 Å². The molecule has 0 saturated heterocycles. The summed E-state index contributed by atoms with van der Waals surface area (Å²) in [6.45, 7) is 1.86. The number of ether oxygens (including phenoxy) is 2. The van der Waals surface area contributed by atoms with Crippen molar-refractivity contribution >= 4 is 23.8 Å². The van der Waals surface area contributed by atoms with Crippen molar-refractivity contribution in [3.63, 3.8) is 0 Å². The summed E-state index contributed by atoms with van der Waals surface area (Å²) >= 11 is 0. The van der Waals surface area contributed by atoms with Gasteiger partial charge in [0.15, 0.2) is 11.5 Å². The lowest BCUT2D eigenvalue weighted by atomic mass is 10.1. The summed E-state index contributed by atoms with van der Waals surface area (Å²) < 4.78 is 10.7. The standard InChI is InChI=1S/C21H17N3O7/c1-12-4-3-5-14(10-12)20(26)31-16-9-7-13(11-17(16)30-2)6-8-15-18(24(28)29)19(25)23-21(27)22-15/h3-11H,1-2H3,(H2,22,23,25,27). The first-order valence-electron chi connectivity index (χ1n) is 8.94. The quantitative estimate of drug-likeness (QED) is 0.268. The lowest BCUT2D eigenvalue weighted by molar-refractivity contribution is -0.386. The zero-order valence-electron chi connectivity index (χ0n) is 16.5. The van der Waals surface area contributed by atoms with Gasteiger partial charge in [0, 0.05) is 0 Å². The van der Waals surface area contributed by atoms with Gasteiger partial charge in [-0.05, 0) is 42.8 Å². The third kappa shape index (κ3) is 4.93. The average Bonchev–Trinajstić information content (AvgIpc) is 2.72. The maximum atomic E-state index is 12.4. The van der Waals surface area contributed by atoms with Gasteiger partial charge in [-0.2, -0.15) is 0 Å². The second-order valence-electron chi connectivity index (χ2n) is 6.43. The lowest BCUT2D eigenvalue weighted by Gasteiger charge is -2.10. The second kappa shape index (κ2) is 8.91. The molecule has 0 amide bonds. The van der Waals surface area contributed by atoms with E-state index in [9.17, 15) is 24.5 Å². The molecule has 0 atom stereocenters. The Kier molecular flexibility index (Phi) is 6.10. The summed E-state index contributed by atoms with van der Waals surface area (Å²) in [5, 5.41) is 11.1. The van der Waals surface area contributed by atoms with Crippen LogP contribution >= 0.6 is 0 Å². The van der Waals surface area contributed by atoms with E-state index < -0.39 is 27.8 Å². The Morgan fingerprint density at radius 2 is 1.84 bits per heavy atom. The van der Waals surface area contributed by atoms with Gasteiger partial charge in [-0.3, -0.25) is 19.9 Å². The molecular formula is C21H17N3O7. The first-order chi connectivity index (χ1) is 14.8. The first-order valence-corrected chi connectivity index (χ1v) is 8.94. The lowest BCUT2D eigenvalue weighted by Crippen LogP contribution is -2.25. The fourth-order valence-corrected chi connectivity index (χ4v) is 2.78. The first kappa shape index (κ1) is 21.2. The summed E-state index contributed by atoms with van der Waals surface area (Å²) in [5.74, 6) is -0.124. The number of nitrogens with one attached hydrogen (secondary N) is 2. The number of nitro groups is 1. The van der Waals surface area contributed by atoms with Crippen molar-refractivity contribution in [3.05, 3.63) is 95.8 Å². The van der Waals surface area contributed by atoms with Gasteiger partial charge in [0.2, 0.25) is 0 Å². The number of rotatable bonds is 6. The van der Waals surface area contributed by atoms with Crippen LogP contribution in [-0.4, -0.2) is 28.0 Å². The summed E-state index contributed by atoms with van der Waals surface area (Å²) in [7, 11) is 1.39. The molecule has 0 saturated carbocycles. The molecule has 0 unspecified atom stereocenters. The number of H-pyrrole nitrogens is 2. The Morgan fingerprint density at radius 1 is 1.06 bits per heavy atom. The van der Waals surface area contributed by atoms with Crippen molar-refractivity contribution in [1.82, 2.24) is 9.97 Å². The van der Waals surface area contributed by atoms with E-state index in [1.165, 1.54) is 31.4 Å². The molecule has 2 N–H and O–H groups in total. The van der Waals surface area contributed by atoms with Crippen LogP contribution in [0.25, 0.3) is 12.2 Å². The predicted molar refractivity (Wildman–Crippen MR) is 112 cm³/mol. The number of hydrogen-bond acceptors (Lipinski definition) is 7. The van der Waals surface area contributed by atoms with Crippen LogP contribution in [0.3, 0.4) is 0 Å². The van der Waals surface area contributed by atoms with Gasteiger partial charge in [0.25, 0.3) is 0 Å². The molecule has 0 aliphatic rings. The molecule has 2 aromatic carbocycles. The molecule has 158 valence electrons. The maximum absolute atomic E-state index is 12.4. The molecule has 31 heavy (non-hydrogen) atoms. The van der Waals surface area contributed by atoms with Crippen molar-refractivity contribution in [2.45, 2.75) is 6.92 Å². The van der Waals surface area contributed by atoms with Crippen LogP contribution in [0.2, 0.25) is 0 Å². The van der Waals surface area contributed by atoms with E-state index in [0.717, 1.165) is 5.56 Å². The maximum Gasteiger partial charge on any atom is 0.357 e. The third-order valence-electron chi connectivity index (χ3n) is 4.21. The van der Waals surface area contributed by atoms with Gasteiger partial charge >= 0.3 is 22.9 Å². The Balaban J connectivity index is 1.89. The molecule has 1 heterocycles. The molecule has 0 spiro atoms. The molecule has 1 aromatic heterocycles. The smallest absolute Gasteiger partial charge is 0.357 e. The number of benzene rings is 2. The Morgan fingerprint density at radius 3 is 2.52 bits per heavy atom. The fraction of sp³-hybridized carbons (Fsp3) is 0.0952. The van der Waals surface area contributed by atoms with Gasteiger partial charge < -0.3 is 14.5 Å². The number of carbonyl (C=O) groups is 1. The minimum absolute atomic E-state index is 0.182. The van der Waals surface area contributed by atoms with Crippen LogP contribution in [-0.2, 0) is 0 Å². The molecular weight excluding hydrogens is 406 g/mol. The molecule has 0 fully saturated rings. The number of aromatic amines is 2.